The van der Waals surface area contributed by atoms with Crippen LogP contribution in [0.5, 0.6) is 5.75 Å². The molecule has 2 aromatic rings. The molecule has 1 aliphatic heterocycles. The molecule has 2 aromatic heterocycles. The van der Waals surface area contributed by atoms with Gasteiger partial charge in [0.15, 0.2) is 17.1 Å². The third-order valence-corrected chi connectivity index (χ3v) is 6.72. The van der Waals surface area contributed by atoms with Crippen molar-refractivity contribution in [3.8, 4) is 5.75 Å². The number of imidazole rings is 1. The van der Waals surface area contributed by atoms with Crippen molar-refractivity contribution in [2.45, 2.75) is 70.0 Å². The van der Waals surface area contributed by atoms with E-state index in [4.69, 9.17) is 9.47 Å². The normalized spacial score (nSPS) is 20.0. The number of nitrogens with one attached hydrogen (secondary N) is 1. The number of alkyl halides is 5. The van der Waals surface area contributed by atoms with Crippen LogP contribution in [-0.4, -0.2) is 47.6 Å². The Hall–Kier alpha value is -2.43. The number of carbonyl (C=O) groups excluding carboxylic acids is 1. The lowest BCUT2D eigenvalue weighted by Gasteiger charge is -2.28. The Balaban J connectivity index is 1.74. The van der Waals surface area contributed by atoms with Gasteiger partial charge in [-0.05, 0) is 51.0 Å². The minimum Gasteiger partial charge on any atom is -0.492 e. The molecule has 0 atom stereocenters. The fourth-order valence-corrected chi connectivity index (χ4v) is 4.91. The van der Waals surface area contributed by atoms with Gasteiger partial charge in [0.1, 0.15) is 0 Å². The Morgan fingerprint density at radius 3 is 2.47 bits per heavy atom. The topological polar surface area (TPSA) is 64.9 Å². The van der Waals surface area contributed by atoms with Crippen molar-refractivity contribution in [2.24, 2.45) is 5.92 Å². The first-order valence-electron chi connectivity index (χ1n) is 11.4. The number of aromatic nitrogens is 2. The molecule has 0 aromatic carbocycles. The summed E-state index contributed by atoms with van der Waals surface area (Å²) in [7, 11) is 1.28. The number of amides is 1. The van der Waals surface area contributed by atoms with Crippen LogP contribution in [0.1, 0.15) is 66.0 Å². The number of aryl methyl sites for hydroxylation is 1. The number of ether oxygens (including phenoxy) is 2. The first kappa shape index (κ1) is 24.7. The highest BCUT2D eigenvalue weighted by atomic mass is 19.4. The van der Waals surface area contributed by atoms with Gasteiger partial charge >= 0.3 is 6.18 Å². The molecule has 1 amide bonds. The predicted molar refractivity (Wildman–Crippen MR) is 113 cm³/mol. The summed E-state index contributed by atoms with van der Waals surface area (Å²) in [5.74, 6) is -3.60. The molecule has 0 bridgehead atoms. The first-order chi connectivity index (χ1) is 16.0. The molecule has 2 aliphatic rings. The second-order valence-electron chi connectivity index (χ2n) is 9.16. The summed E-state index contributed by atoms with van der Waals surface area (Å²) in [6.07, 6.45) is -3.91. The van der Waals surface area contributed by atoms with Crippen LogP contribution >= 0.6 is 0 Å². The Kier molecular flexibility index (Phi) is 6.76. The molecule has 0 spiro atoms. The van der Waals surface area contributed by atoms with E-state index in [-0.39, 0.29) is 66.7 Å². The van der Waals surface area contributed by atoms with Crippen molar-refractivity contribution in [1.82, 2.24) is 14.7 Å². The van der Waals surface area contributed by atoms with Gasteiger partial charge in [-0.2, -0.15) is 13.2 Å². The Bertz CT molecular complexity index is 1050. The standard InChI is InChI=1S/C23H28F5N3O3/c1-13-11-16(21(32)29-15-5-9-34-10-6-15)18(33-2)20-30-19(23(26,27)28)17(31(13)20)12-14-3-7-22(24,25)8-4-14/h11,14-15H,3-10,12H2,1-2H3,(H,29,32). The zero-order valence-corrected chi connectivity index (χ0v) is 19.1. The fraction of sp³-hybridized carbons (Fsp3) is 0.652. The van der Waals surface area contributed by atoms with Gasteiger partial charge in [0.25, 0.3) is 5.91 Å². The number of hydrogen-bond acceptors (Lipinski definition) is 4. The molecule has 11 heteroatoms. The average molecular weight is 489 g/mol. The minimum atomic E-state index is -4.75. The summed E-state index contributed by atoms with van der Waals surface area (Å²) in [4.78, 5) is 16.9. The lowest BCUT2D eigenvalue weighted by molar-refractivity contribution is -0.141. The van der Waals surface area contributed by atoms with Crippen LogP contribution in [0.4, 0.5) is 22.0 Å². The Labute approximate surface area is 193 Å². The van der Waals surface area contributed by atoms with Crippen LogP contribution in [0.15, 0.2) is 6.07 Å². The van der Waals surface area contributed by atoms with Gasteiger partial charge in [0.2, 0.25) is 5.92 Å². The maximum Gasteiger partial charge on any atom is 0.435 e. The number of carbonyl (C=O) groups is 1. The van der Waals surface area contributed by atoms with E-state index in [0.29, 0.717) is 31.7 Å². The largest absolute Gasteiger partial charge is 0.492 e. The number of halogens is 5. The summed E-state index contributed by atoms with van der Waals surface area (Å²) >= 11 is 0. The maximum atomic E-state index is 14.0. The smallest absolute Gasteiger partial charge is 0.435 e. The predicted octanol–water partition coefficient (Wildman–Crippen LogP) is 4.95. The molecular formula is C23H28F5N3O3. The van der Waals surface area contributed by atoms with Crippen molar-refractivity contribution in [3.63, 3.8) is 0 Å². The van der Waals surface area contributed by atoms with E-state index in [2.05, 4.69) is 10.3 Å². The van der Waals surface area contributed by atoms with Crippen molar-refractivity contribution < 1.29 is 36.2 Å². The summed E-state index contributed by atoms with van der Waals surface area (Å²) < 4.78 is 81.1. The molecular weight excluding hydrogens is 461 g/mol. The molecule has 0 radical (unpaired) electrons. The second kappa shape index (κ2) is 9.31. The molecule has 34 heavy (non-hydrogen) atoms. The number of fused-ring (bicyclic) bond motifs is 1. The molecule has 1 saturated heterocycles. The number of nitrogens with zero attached hydrogens (tertiary/aromatic N) is 2. The summed E-state index contributed by atoms with van der Waals surface area (Å²) in [6.45, 7) is 2.63. The maximum absolute atomic E-state index is 14.0. The van der Waals surface area contributed by atoms with E-state index in [9.17, 15) is 26.7 Å². The van der Waals surface area contributed by atoms with Crippen LogP contribution in [0.3, 0.4) is 0 Å². The number of pyridine rings is 1. The lowest BCUT2D eigenvalue weighted by Crippen LogP contribution is -2.39. The van der Waals surface area contributed by atoms with Gasteiger partial charge in [-0.1, -0.05) is 0 Å². The van der Waals surface area contributed by atoms with Gasteiger partial charge < -0.3 is 14.8 Å². The van der Waals surface area contributed by atoms with Crippen LogP contribution in [0.2, 0.25) is 0 Å². The van der Waals surface area contributed by atoms with Crippen LogP contribution < -0.4 is 10.1 Å². The molecule has 1 N–H and O–H groups in total. The number of hydrogen-bond donors (Lipinski definition) is 1. The second-order valence-corrected chi connectivity index (χ2v) is 9.16. The number of rotatable bonds is 5. The molecule has 6 nitrogen and oxygen atoms in total. The molecule has 0 unspecified atom stereocenters. The van der Waals surface area contributed by atoms with Gasteiger partial charge in [0.05, 0.1) is 18.4 Å². The zero-order valence-electron chi connectivity index (χ0n) is 19.1. The highest BCUT2D eigenvalue weighted by molar-refractivity contribution is 5.99. The van der Waals surface area contributed by atoms with E-state index < -0.39 is 23.7 Å². The van der Waals surface area contributed by atoms with E-state index in [0.717, 1.165) is 0 Å². The van der Waals surface area contributed by atoms with E-state index in [1.807, 2.05) is 0 Å². The van der Waals surface area contributed by atoms with E-state index in [1.165, 1.54) is 17.6 Å². The van der Waals surface area contributed by atoms with Gasteiger partial charge in [-0.3, -0.25) is 9.20 Å². The Morgan fingerprint density at radius 2 is 1.88 bits per heavy atom. The lowest BCUT2D eigenvalue weighted by atomic mass is 9.83. The third-order valence-electron chi connectivity index (χ3n) is 6.72. The highest BCUT2D eigenvalue weighted by Crippen LogP contribution is 2.41. The minimum absolute atomic E-state index is 0.0380. The molecule has 1 saturated carbocycles. The molecule has 1 aliphatic carbocycles. The molecule has 4 rings (SSSR count). The van der Waals surface area contributed by atoms with Crippen molar-refractivity contribution in [1.29, 1.82) is 0 Å². The van der Waals surface area contributed by atoms with E-state index in [1.54, 1.807) is 6.92 Å². The fourth-order valence-electron chi connectivity index (χ4n) is 4.91. The first-order valence-corrected chi connectivity index (χ1v) is 11.4. The van der Waals surface area contributed by atoms with Crippen LogP contribution in [-0.2, 0) is 17.3 Å². The van der Waals surface area contributed by atoms with Crippen molar-refractivity contribution in [3.05, 3.63) is 28.7 Å². The molecule has 188 valence electrons. The molecule has 3 heterocycles. The van der Waals surface area contributed by atoms with Crippen LogP contribution in [0, 0.1) is 12.8 Å². The van der Waals surface area contributed by atoms with Crippen molar-refractivity contribution >= 4 is 11.6 Å². The summed E-state index contributed by atoms with van der Waals surface area (Å²) in [6, 6.07) is 1.38. The van der Waals surface area contributed by atoms with Gasteiger partial charge in [-0.15, -0.1) is 0 Å². The zero-order chi connectivity index (χ0) is 24.7. The number of methoxy groups -OCH3 is 1. The quantitative estimate of drug-likeness (QED) is 0.604. The third kappa shape index (κ3) is 4.99. The SMILES string of the molecule is COc1c(C(=O)NC2CCOCC2)cc(C)n2c(CC3CCC(F)(F)CC3)c(C(F)(F)F)nc12. The van der Waals surface area contributed by atoms with Gasteiger partial charge in [-0.25, -0.2) is 13.8 Å². The summed E-state index contributed by atoms with van der Waals surface area (Å²) in [5.41, 5.74) is -0.796. The highest BCUT2D eigenvalue weighted by Gasteiger charge is 2.41. The van der Waals surface area contributed by atoms with Gasteiger partial charge in [0, 0.05) is 37.8 Å². The van der Waals surface area contributed by atoms with Crippen LogP contribution in [0.25, 0.3) is 5.65 Å². The average Bonchev–Trinajstić information content (AvgIpc) is 3.16. The Morgan fingerprint density at radius 1 is 1.24 bits per heavy atom. The van der Waals surface area contributed by atoms with Crippen molar-refractivity contribution in [2.75, 3.05) is 20.3 Å². The monoisotopic (exact) mass is 489 g/mol. The molecule has 2 fully saturated rings. The summed E-state index contributed by atoms with van der Waals surface area (Å²) in [5, 5.41) is 2.90. The van der Waals surface area contributed by atoms with E-state index >= 15 is 0 Å².